The number of nitrogens with zero attached hydrogens (tertiary/aromatic N) is 1. The zero-order valence-corrected chi connectivity index (χ0v) is 18.2. The maximum atomic E-state index is 14.6. The number of rotatable bonds is 6. The summed E-state index contributed by atoms with van der Waals surface area (Å²) in [6.07, 6.45) is 0.465. The van der Waals surface area contributed by atoms with Crippen molar-refractivity contribution in [3.63, 3.8) is 0 Å². The highest BCUT2D eigenvalue weighted by atomic mass is 19.1. The molecule has 0 aliphatic rings. The van der Waals surface area contributed by atoms with Gasteiger partial charge in [-0.1, -0.05) is 12.1 Å². The van der Waals surface area contributed by atoms with E-state index in [1.807, 2.05) is 0 Å². The number of benzene rings is 2. The topological polar surface area (TPSA) is 93.5 Å². The van der Waals surface area contributed by atoms with E-state index in [1.54, 1.807) is 69.3 Å². The predicted molar refractivity (Wildman–Crippen MR) is 120 cm³/mol. The molecule has 166 valence electrons. The first-order valence-electron chi connectivity index (χ1n) is 9.82. The van der Waals surface area contributed by atoms with E-state index in [2.05, 4.69) is 10.3 Å². The van der Waals surface area contributed by atoms with E-state index in [4.69, 9.17) is 19.6 Å². The first-order chi connectivity index (χ1) is 15.2. The van der Waals surface area contributed by atoms with E-state index in [9.17, 15) is 9.18 Å². The number of anilines is 1. The lowest BCUT2D eigenvalue weighted by Crippen LogP contribution is -2.27. The number of carbonyl (C=O) groups excluding carboxylic acids is 1. The van der Waals surface area contributed by atoms with Crippen LogP contribution in [0.5, 0.6) is 17.4 Å². The van der Waals surface area contributed by atoms with Crippen LogP contribution in [0.4, 0.5) is 14.9 Å². The highest BCUT2D eigenvalue weighted by molar-refractivity contribution is 5.94. The third kappa shape index (κ3) is 5.60. The third-order valence-electron chi connectivity index (χ3n) is 4.22. The first kappa shape index (κ1) is 22.7. The Labute approximate surface area is 185 Å². The van der Waals surface area contributed by atoms with Gasteiger partial charge in [0.25, 0.3) is 0 Å². The predicted octanol–water partition coefficient (Wildman–Crippen LogP) is 6.03. The molecule has 32 heavy (non-hydrogen) atoms. The standard InChI is InChI=1S/C24H24FN3O4/c1-24(2,3)32-23(29)28-19-13-16(12-11-15(19)14-26)31-21-10-6-8-18(27-21)17-7-5-9-20(30-4)22(17)25/h5-14,26H,1-4H3,(H,28,29). The highest BCUT2D eigenvalue weighted by Gasteiger charge is 2.18. The van der Waals surface area contributed by atoms with Crippen molar-refractivity contribution in [2.75, 3.05) is 12.4 Å². The van der Waals surface area contributed by atoms with Gasteiger partial charge in [-0.2, -0.15) is 0 Å². The lowest BCUT2D eigenvalue weighted by Gasteiger charge is -2.20. The van der Waals surface area contributed by atoms with Crippen LogP contribution in [-0.4, -0.2) is 30.0 Å². The van der Waals surface area contributed by atoms with Crippen molar-refractivity contribution in [3.05, 3.63) is 66.0 Å². The Morgan fingerprint density at radius 2 is 1.88 bits per heavy atom. The van der Waals surface area contributed by atoms with Gasteiger partial charge in [0.2, 0.25) is 5.88 Å². The molecule has 1 heterocycles. The fourth-order valence-electron chi connectivity index (χ4n) is 2.86. The summed E-state index contributed by atoms with van der Waals surface area (Å²) in [7, 11) is 1.40. The molecular formula is C24H24FN3O4. The molecule has 7 nitrogen and oxygen atoms in total. The number of aromatic nitrogens is 1. The summed E-state index contributed by atoms with van der Waals surface area (Å²) in [4.78, 5) is 16.5. The molecule has 0 radical (unpaired) electrons. The Morgan fingerprint density at radius 1 is 1.12 bits per heavy atom. The zero-order chi connectivity index (χ0) is 23.3. The first-order valence-corrected chi connectivity index (χ1v) is 9.82. The van der Waals surface area contributed by atoms with Gasteiger partial charge in [-0.3, -0.25) is 5.32 Å². The number of halogens is 1. The minimum Gasteiger partial charge on any atom is -0.494 e. The van der Waals surface area contributed by atoms with Gasteiger partial charge in [0.1, 0.15) is 11.4 Å². The van der Waals surface area contributed by atoms with Crippen molar-refractivity contribution in [1.82, 2.24) is 4.98 Å². The molecule has 1 amide bonds. The SMILES string of the molecule is COc1cccc(-c2cccc(Oc3ccc(C=N)c(NC(=O)OC(C)(C)C)c3)n2)c1F. The monoisotopic (exact) mass is 437 g/mol. The van der Waals surface area contributed by atoms with Gasteiger partial charge in [0, 0.05) is 29.5 Å². The second-order valence-corrected chi connectivity index (χ2v) is 7.81. The average molecular weight is 437 g/mol. The number of pyridine rings is 1. The summed E-state index contributed by atoms with van der Waals surface area (Å²) < 4.78 is 30.7. The Kier molecular flexibility index (Phi) is 6.73. The molecule has 3 aromatic rings. The smallest absolute Gasteiger partial charge is 0.412 e. The van der Waals surface area contributed by atoms with Crippen molar-refractivity contribution in [1.29, 1.82) is 5.41 Å². The van der Waals surface area contributed by atoms with Crippen molar-refractivity contribution < 1.29 is 23.4 Å². The van der Waals surface area contributed by atoms with E-state index < -0.39 is 17.5 Å². The van der Waals surface area contributed by atoms with Crippen LogP contribution >= 0.6 is 0 Å². The Balaban J connectivity index is 1.86. The molecule has 0 bridgehead atoms. The van der Waals surface area contributed by atoms with Gasteiger partial charge in [0.05, 0.1) is 18.5 Å². The molecule has 0 unspecified atom stereocenters. The highest BCUT2D eigenvalue weighted by Crippen LogP contribution is 2.31. The van der Waals surface area contributed by atoms with Crippen molar-refractivity contribution in [2.45, 2.75) is 26.4 Å². The van der Waals surface area contributed by atoms with Crippen molar-refractivity contribution >= 4 is 18.0 Å². The van der Waals surface area contributed by atoms with Gasteiger partial charge >= 0.3 is 6.09 Å². The average Bonchev–Trinajstić information content (AvgIpc) is 2.73. The number of ether oxygens (including phenoxy) is 3. The van der Waals surface area contributed by atoms with Crippen LogP contribution in [0.2, 0.25) is 0 Å². The Hall–Kier alpha value is -3.94. The van der Waals surface area contributed by atoms with E-state index in [1.165, 1.54) is 13.2 Å². The van der Waals surface area contributed by atoms with E-state index in [0.717, 1.165) is 6.21 Å². The molecular weight excluding hydrogens is 413 g/mol. The number of hydrogen-bond donors (Lipinski definition) is 2. The molecule has 0 saturated carbocycles. The van der Waals surface area contributed by atoms with Crippen LogP contribution < -0.4 is 14.8 Å². The fourth-order valence-corrected chi connectivity index (χ4v) is 2.86. The molecule has 1 aromatic heterocycles. The number of carbonyl (C=O) groups is 1. The van der Waals surface area contributed by atoms with Gasteiger partial charge in [-0.15, -0.1) is 0 Å². The summed E-state index contributed by atoms with van der Waals surface area (Å²) in [5, 5.41) is 10.2. The number of hydrogen-bond acceptors (Lipinski definition) is 6. The normalized spacial score (nSPS) is 10.9. The van der Waals surface area contributed by atoms with Gasteiger partial charge in [-0.05, 0) is 51.1 Å². The van der Waals surface area contributed by atoms with Crippen LogP contribution in [-0.2, 0) is 4.74 Å². The summed E-state index contributed by atoms with van der Waals surface area (Å²) in [5.74, 6) is 0.211. The quantitative estimate of drug-likeness (QED) is 0.459. The molecule has 2 aromatic carbocycles. The summed E-state index contributed by atoms with van der Waals surface area (Å²) in [5.41, 5.74) is 0.816. The molecule has 0 fully saturated rings. The summed E-state index contributed by atoms with van der Waals surface area (Å²) in [6.45, 7) is 5.27. The maximum Gasteiger partial charge on any atom is 0.412 e. The van der Waals surface area contributed by atoms with Crippen LogP contribution in [0.15, 0.2) is 54.6 Å². The van der Waals surface area contributed by atoms with Gasteiger partial charge in [-0.25, -0.2) is 14.2 Å². The minimum atomic E-state index is -0.664. The number of nitrogens with one attached hydrogen (secondary N) is 2. The molecule has 0 aliphatic carbocycles. The molecule has 0 saturated heterocycles. The van der Waals surface area contributed by atoms with E-state index in [-0.39, 0.29) is 17.2 Å². The molecule has 2 N–H and O–H groups in total. The second-order valence-electron chi connectivity index (χ2n) is 7.81. The molecule has 0 aliphatic heterocycles. The molecule has 8 heteroatoms. The third-order valence-corrected chi connectivity index (χ3v) is 4.22. The number of amides is 1. The Bertz CT molecular complexity index is 1140. The molecule has 3 rings (SSSR count). The Morgan fingerprint density at radius 3 is 2.56 bits per heavy atom. The lowest BCUT2D eigenvalue weighted by molar-refractivity contribution is 0.0636. The van der Waals surface area contributed by atoms with Crippen LogP contribution in [0.25, 0.3) is 11.3 Å². The van der Waals surface area contributed by atoms with E-state index in [0.29, 0.717) is 22.7 Å². The fraction of sp³-hybridized carbons (Fsp3) is 0.208. The van der Waals surface area contributed by atoms with Crippen LogP contribution in [0.1, 0.15) is 26.3 Å². The number of methoxy groups -OCH3 is 1. The van der Waals surface area contributed by atoms with Crippen molar-refractivity contribution in [2.24, 2.45) is 0 Å². The molecule has 0 atom stereocenters. The van der Waals surface area contributed by atoms with Crippen LogP contribution in [0, 0.1) is 11.2 Å². The molecule has 0 spiro atoms. The van der Waals surface area contributed by atoms with Gasteiger partial charge in [0.15, 0.2) is 11.6 Å². The second kappa shape index (κ2) is 9.47. The zero-order valence-electron chi connectivity index (χ0n) is 18.2. The van der Waals surface area contributed by atoms with E-state index >= 15 is 0 Å². The largest absolute Gasteiger partial charge is 0.494 e. The summed E-state index contributed by atoms with van der Waals surface area (Å²) >= 11 is 0. The maximum absolute atomic E-state index is 14.6. The van der Waals surface area contributed by atoms with Gasteiger partial charge < -0.3 is 19.6 Å². The van der Waals surface area contributed by atoms with Crippen LogP contribution in [0.3, 0.4) is 0 Å². The summed E-state index contributed by atoms with van der Waals surface area (Å²) in [6, 6.07) is 14.6. The minimum absolute atomic E-state index is 0.121. The lowest BCUT2D eigenvalue weighted by atomic mass is 10.1. The van der Waals surface area contributed by atoms with Crippen molar-refractivity contribution in [3.8, 4) is 28.6 Å².